The van der Waals surface area contributed by atoms with Crippen LogP contribution in [0.2, 0.25) is 0 Å². The smallest absolute Gasteiger partial charge is 0.288 e. The fourth-order valence-corrected chi connectivity index (χ4v) is 2.93. The summed E-state index contributed by atoms with van der Waals surface area (Å²) in [5.41, 5.74) is 2.45. The molecule has 1 aromatic heterocycles. The van der Waals surface area contributed by atoms with Crippen molar-refractivity contribution >= 4 is 23.3 Å². The number of rotatable bonds is 4. The van der Waals surface area contributed by atoms with E-state index in [0.717, 1.165) is 22.0 Å². The number of H-pyrrole nitrogens is 1. The number of azo groups is 1. The van der Waals surface area contributed by atoms with Crippen LogP contribution < -0.4 is 5.69 Å². The van der Waals surface area contributed by atoms with E-state index in [4.69, 9.17) is 0 Å². The number of benzene rings is 2. The van der Waals surface area contributed by atoms with Crippen LogP contribution in [0.15, 0.2) is 74.6 Å². The Morgan fingerprint density at radius 3 is 2.52 bits per heavy atom. The lowest BCUT2D eigenvalue weighted by Crippen LogP contribution is -2.15. The van der Waals surface area contributed by atoms with Crippen molar-refractivity contribution in [3.8, 4) is 5.69 Å². The van der Waals surface area contributed by atoms with Gasteiger partial charge in [0, 0.05) is 0 Å². The van der Waals surface area contributed by atoms with Crippen LogP contribution in [0.4, 0.5) is 11.5 Å². The number of para-hydroxylation sites is 1. The monoisotopic (exact) mass is 324 g/mol. The lowest BCUT2D eigenvalue weighted by molar-refractivity contribution is 0.904. The maximum Gasteiger partial charge on any atom is 0.332 e. The Bertz CT molecular complexity index is 896. The Balaban J connectivity index is 2.03. The molecule has 1 heterocycles. The second-order valence-electron chi connectivity index (χ2n) is 5.00. The van der Waals surface area contributed by atoms with Gasteiger partial charge in [-0.2, -0.15) is 0 Å². The Hall–Kier alpha value is -2.60. The van der Waals surface area contributed by atoms with Gasteiger partial charge in [-0.25, -0.2) is 4.79 Å². The van der Waals surface area contributed by atoms with Gasteiger partial charge in [-0.15, -0.1) is 22.0 Å². The number of imidazole rings is 1. The van der Waals surface area contributed by atoms with Crippen LogP contribution in [-0.2, 0) is 0 Å². The van der Waals surface area contributed by atoms with Gasteiger partial charge in [-0.1, -0.05) is 30.3 Å². The van der Waals surface area contributed by atoms with E-state index >= 15 is 0 Å². The predicted molar refractivity (Wildman–Crippen MR) is 93.5 cm³/mol. The maximum atomic E-state index is 12.3. The summed E-state index contributed by atoms with van der Waals surface area (Å²) in [4.78, 5) is 15.1. The summed E-state index contributed by atoms with van der Waals surface area (Å²) in [6, 6.07) is 17.2. The number of thioether (sulfide) groups is 1. The zero-order valence-electron chi connectivity index (χ0n) is 12.9. The van der Waals surface area contributed by atoms with Gasteiger partial charge in [0.2, 0.25) is 0 Å². The molecule has 0 fully saturated rings. The quantitative estimate of drug-likeness (QED) is 0.562. The number of aryl methyl sites for hydroxylation is 1. The third-order valence-corrected chi connectivity index (χ3v) is 4.07. The standard InChI is InChI=1S/C17H16N4OS/c1-12-7-6-8-13(11-12)19-20-15-16(23-2)21(17(22)18-15)14-9-4-3-5-10-14/h3-11H,1-2H3,(H,18,22). The highest BCUT2D eigenvalue weighted by Crippen LogP contribution is 2.28. The van der Waals surface area contributed by atoms with E-state index < -0.39 is 0 Å². The Labute approximate surface area is 138 Å². The van der Waals surface area contributed by atoms with E-state index in [-0.39, 0.29) is 5.69 Å². The molecule has 2 aromatic carbocycles. The average Bonchev–Trinajstić information content (AvgIpc) is 2.89. The van der Waals surface area contributed by atoms with Gasteiger partial charge in [0.1, 0.15) is 5.03 Å². The molecule has 0 unspecified atom stereocenters. The van der Waals surface area contributed by atoms with Gasteiger partial charge >= 0.3 is 5.69 Å². The van der Waals surface area contributed by atoms with Crippen molar-refractivity contribution in [3.05, 3.63) is 70.6 Å². The van der Waals surface area contributed by atoms with Crippen molar-refractivity contribution in [2.45, 2.75) is 11.9 Å². The molecule has 0 spiro atoms. The predicted octanol–water partition coefficient (Wildman–Crippen LogP) is 4.61. The largest absolute Gasteiger partial charge is 0.332 e. The molecule has 0 saturated carbocycles. The van der Waals surface area contributed by atoms with E-state index in [1.807, 2.05) is 67.8 Å². The molecule has 3 rings (SSSR count). The fraction of sp³-hybridized carbons (Fsp3) is 0.118. The highest BCUT2D eigenvalue weighted by molar-refractivity contribution is 7.98. The van der Waals surface area contributed by atoms with Crippen molar-refractivity contribution < 1.29 is 0 Å². The van der Waals surface area contributed by atoms with Crippen molar-refractivity contribution in [1.29, 1.82) is 0 Å². The van der Waals surface area contributed by atoms with Crippen LogP contribution in [0.1, 0.15) is 5.56 Å². The van der Waals surface area contributed by atoms with Crippen LogP contribution in [0, 0.1) is 6.92 Å². The first-order chi connectivity index (χ1) is 11.2. The van der Waals surface area contributed by atoms with Crippen LogP contribution in [-0.4, -0.2) is 15.8 Å². The Morgan fingerprint density at radius 1 is 1.04 bits per heavy atom. The zero-order chi connectivity index (χ0) is 16.2. The third-order valence-electron chi connectivity index (χ3n) is 3.31. The summed E-state index contributed by atoms with van der Waals surface area (Å²) in [6.07, 6.45) is 1.91. The number of aromatic amines is 1. The van der Waals surface area contributed by atoms with Crippen molar-refractivity contribution in [2.75, 3.05) is 6.26 Å². The normalized spacial score (nSPS) is 11.2. The second-order valence-corrected chi connectivity index (χ2v) is 5.79. The first-order valence-corrected chi connectivity index (χ1v) is 8.34. The molecular formula is C17H16N4OS. The Kier molecular flexibility index (Phi) is 4.43. The number of nitrogens with zero attached hydrogens (tertiary/aromatic N) is 3. The van der Waals surface area contributed by atoms with Crippen LogP contribution >= 0.6 is 11.8 Å². The zero-order valence-corrected chi connectivity index (χ0v) is 13.7. The lowest BCUT2D eigenvalue weighted by Gasteiger charge is -2.04. The molecule has 3 aromatic rings. The van der Waals surface area contributed by atoms with E-state index in [9.17, 15) is 4.79 Å². The topological polar surface area (TPSA) is 62.5 Å². The summed E-state index contributed by atoms with van der Waals surface area (Å²) >= 11 is 1.45. The highest BCUT2D eigenvalue weighted by atomic mass is 32.2. The minimum absolute atomic E-state index is 0.223. The number of nitrogens with one attached hydrogen (secondary N) is 1. The molecule has 0 atom stereocenters. The minimum Gasteiger partial charge on any atom is -0.288 e. The number of hydrogen-bond donors (Lipinski definition) is 1. The van der Waals surface area contributed by atoms with Gasteiger partial charge in [0.15, 0.2) is 5.82 Å². The first kappa shape index (κ1) is 15.3. The molecule has 0 aliphatic heterocycles. The van der Waals surface area contributed by atoms with Crippen LogP contribution in [0.5, 0.6) is 0 Å². The molecule has 0 aliphatic rings. The lowest BCUT2D eigenvalue weighted by atomic mass is 10.2. The first-order valence-electron chi connectivity index (χ1n) is 7.12. The molecule has 6 heteroatoms. The molecule has 5 nitrogen and oxygen atoms in total. The van der Waals surface area contributed by atoms with Crippen LogP contribution in [0.25, 0.3) is 5.69 Å². The van der Waals surface area contributed by atoms with Crippen molar-refractivity contribution in [1.82, 2.24) is 9.55 Å². The van der Waals surface area contributed by atoms with E-state index in [1.165, 1.54) is 11.8 Å². The summed E-state index contributed by atoms with van der Waals surface area (Å²) in [5.74, 6) is 0.466. The van der Waals surface area contributed by atoms with Gasteiger partial charge < -0.3 is 0 Å². The average molecular weight is 324 g/mol. The fourth-order valence-electron chi connectivity index (χ4n) is 2.27. The van der Waals surface area contributed by atoms with Gasteiger partial charge in [0.05, 0.1) is 11.4 Å². The summed E-state index contributed by atoms with van der Waals surface area (Å²) < 4.78 is 1.61. The summed E-state index contributed by atoms with van der Waals surface area (Å²) in [7, 11) is 0. The van der Waals surface area contributed by atoms with Gasteiger partial charge in [-0.3, -0.25) is 9.55 Å². The van der Waals surface area contributed by atoms with Gasteiger partial charge in [0.25, 0.3) is 0 Å². The SMILES string of the molecule is CSc1c(N=Nc2cccc(C)c2)[nH]c(=O)n1-c1ccccc1. The molecule has 1 N–H and O–H groups in total. The molecule has 0 amide bonds. The van der Waals surface area contributed by atoms with Crippen molar-refractivity contribution in [3.63, 3.8) is 0 Å². The highest BCUT2D eigenvalue weighted by Gasteiger charge is 2.14. The molecule has 0 radical (unpaired) electrons. The molecule has 0 bridgehead atoms. The second kappa shape index (κ2) is 6.66. The Morgan fingerprint density at radius 2 is 1.83 bits per heavy atom. The minimum atomic E-state index is -0.223. The maximum absolute atomic E-state index is 12.3. The van der Waals surface area contributed by atoms with Crippen LogP contribution in [0.3, 0.4) is 0 Å². The number of aromatic nitrogens is 2. The molecule has 0 saturated heterocycles. The van der Waals surface area contributed by atoms with Crippen molar-refractivity contribution in [2.24, 2.45) is 10.2 Å². The van der Waals surface area contributed by atoms with E-state index in [0.29, 0.717) is 5.82 Å². The van der Waals surface area contributed by atoms with Gasteiger partial charge in [-0.05, 0) is 43.0 Å². The molecular weight excluding hydrogens is 308 g/mol. The molecule has 116 valence electrons. The third kappa shape index (κ3) is 3.27. The van der Waals surface area contributed by atoms with E-state index in [2.05, 4.69) is 15.2 Å². The van der Waals surface area contributed by atoms with E-state index in [1.54, 1.807) is 4.57 Å². The summed E-state index contributed by atoms with van der Waals surface area (Å²) in [5, 5.41) is 9.18. The molecule has 0 aliphatic carbocycles. The summed E-state index contributed by atoms with van der Waals surface area (Å²) in [6.45, 7) is 2.00. The molecule has 23 heavy (non-hydrogen) atoms. The number of hydrogen-bond acceptors (Lipinski definition) is 4.